The molecule has 0 amide bonds. The van der Waals surface area contributed by atoms with Crippen LogP contribution in [0.1, 0.15) is 36.9 Å². The molecule has 2 aliphatic rings. The van der Waals surface area contributed by atoms with Gasteiger partial charge in [-0.2, -0.15) is 5.10 Å². The largest absolute Gasteiger partial charge is 0.454 e. The highest BCUT2D eigenvalue weighted by Crippen LogP contribution is 2.50. The molecule has 1 fully saturated rings. The fourth-order valence-electron chi connectivity index (χ4n) is 3.64. The third kappa shape index (κ3) is 2.55. The first kappa shape index (κ1) is 14.8. The number of nitrogens with one attached hydrogen (secondary N) is 2. The van der Waals surface area contributed by atoms with E-state index in [1.807, 2.05) is 12.3 Å². The van der Waals surface area contributed by atoms with E-state index in [0.717, 1.165) is 28.9 Å². The molecule has 128 valence electrons. The first-order chi connectivity index (χ1) is 12.2. The normalized spacial score (nSPS) is 18.4. The van der Waals surface area contributed by atoms with Gasteiger partial charge in [0.1, 0.15) is 0 Å². The summed E-state index contributed by atoms with van der Waals surface area (Å²) < 4.78 is 11.0. The van der Waals surface area contributed by atoms with Crippen LogP contribution in [0.4, 0.5) is 0 Å². The minimum Gasteiger partial charge on any atom is -0.454 e. The Morgan fingerprint density at radius 3 is 2.92 bits per heavy atom. The van der Waals surface area contributed by atoms with Crippen LogP contribution in [0.3, 0.4) is 0 Å². The number of rotatable bonds is 5. The lowest BCUT2D eigenvalue weighted by atomic mass is 9.94. The predicted octanol–water partition coefficient (Wildman–Crippen LogP) is 3.67. The Kier molecular flexibility index (Phi) is 3.25. The van der Waals surface area contributed by atoms with Crippen LogP contribution < -0.4 is 14.8 Å². The molecule has 3 aromatic rings. The number of ether oxygens (including phenoxy) is 2. The van der Waals surface area contributed by atoms with Crippen molar-refractivity contribution in [3.63, 3.8) is 0 Å². The molecule has 5 nitrogen and oxygen atoms in total. The van der Waals surface area contributed by atoms with Gasteiger partial charge in [-0.15, -0.1) is 0 Å². The van der Waals surface area contributed by atoms with E-state index >= 15 is 0 Å². The maximum Gasteiger partial charge on any atom is 0.231 e. The fourth-order valence-corrected chi connectivity index (χ4v) is 3.64. The van der Waals surface area contributed by atoms with Crippen LogP contribution in [0, 0.1) is 0 Å². The molecule has 2 heterocycles. The van der Waals surface area contributed by atoms with Crippen molar-refractivity contribution in [2.45, 2.75) is 31.2 Å². The van der Waals surface area contributed by atoms with Gasteiger partial charge in [0.15, 0.2) is 11.5 Å². The van der Waals surface area contributed by atoms with Gasteiger partial charge in [-0.1, -0.05) is 12.1 Å². The van der Waals surface area contributed by atoms with E-state index in [-0.39, 0.29) is 5.41 Å². The van der Waals surface area contributed by atoms with Gasteiger partial charge in [0.2, 0.25) is 6.79 Å². The maximum absolute atomic E-state index is 5.54. The molecule has 5 heteroatoms. The average Bonchev–Trinajstić information content (AvgIpc) is 3.07. The Morgan fingerprint density at radius 1 is 1.16 bits per heavy atom. The number of hydrogen-bond acceptors (Lipinski definition) is 4. The van der Waals surface area contributed by atoms with Crippen LogP contribution in [0.25, 0.3) is 10.9 Å². The average molecular weight is 335 g/mol. The number of nitrogens with zero attached hydrogens (tertiary/aromatic N) is 1. The molecule has 1 aliphatic heterocycles. The van der Waals surface area contributed by atoms with Gasteiger partial charge in [0.05, 0.1) is 11.7 Å². The third-order valence-electron chi connectivity index (χ3n) is 5.55. The minimum absolute atomic E-state index is 0.231. The van der Waals surface area contributed by atoms with E-state index in [1.54, 1.807) is 0 Å². The summed E-state index contributed by atoms with van der Waals surface area (Å²) in [6.45, 7) is 3.52. The lowest BCUT2D eigenvalue weighted by Gasteiger charge is -2.21. The molecule has 1 atom stereocenters. The molecule has 1 unspecified atom stereocenters. The van der Waals surface area contributed by atoms with Crippen LogP contribution in [0.5, 0.6) is 11.5 Å². The lowest BCUT2D eigenvalue weighted by Crippen LogP contribution is -2.29. The van der Waals surface area contributed by atoms with Crippen molar-refractivity contribution in [1.82, 2.24) is 15.5 Å². The van der Waals surface area contributed by atoms with Gasteiger partial charge in [0.25, 0.3) is 0 Å². The Bertz CT molecular complexity index is 930. The number of H-pyrrole nitrogens is 1. The second kappa shape index (κ2) is 5.49. The molecule has 1 aromatic heterocycles. The third-order valence-corrected chi connectivity index (χ3v) is 5.55. The van der Waals surface area contributed by atoms with E-state index in [0.29, 0.717) is 12.8 Å². The molecule has 0 radical (unpaired) electrons. The van der Waals surface area contributed by atoms with Crippen LogP contribution in [-0.2, 0) is 5.41 Å². The van der Waals surface area contributed by atoms with Gasteiger partial charge in [-0.3, -0.25) is 5.10 Å². The van der Waals surface area contributed by atoms with E-state index < -0.39 is 0 Å². The summed E-state index contributed by atoms with van der Waals surface area (Å²) in [7, 11) is 0. The van der Waals surface area contributed by atoms with Gasteiger partial charge < -0.3 is 14.8 Å². The number of hydrogen-bond donors (Lipinski definition) is 2. The summed E-state index contributed by atoms with van der Waals surface area (Å²) in [6.07, 6.45) is 4.31. The van der Waals surface area contributed by atoms with Gasteiger partial charge in [-0.25, -0.2) is 0 Å². The van der Waals surface area contributed by atoms with Crippen molar-refractivity contribution in [2.75, 3.05) is 13.3 Å². The summed E-state index contributed by atoms with van der Waals surface area (Å²) in [5.41, 5.74) is 3.95. The summed E-state index contributed by atoms with van der Waals surface area (Å²) in [4.78, 5) is 0. The second-order valence-corrected chi connectivity index (χ2v) is 7.17. The highest BCUT2D eigenvalue weighted by atomic mass is 16.7. The summed E-state index contributed by atoms with van der Waals surface area (Å²) in [5, 5.41) is 12.0. The molecule has 5 rings (SSSR count). The first-order valence-electron chi connectivity index (χ1n) is 8.80. The summed E-state index contributed by atoms with van der Waals surface area (Å²) in [6, 6.07) is 13.1. The topological polar surface area (TPSA) is 59.2 Å². The van der Waals surface area contributed by atoms with Crippen molar-refractivity contribution in [3.8, 4) is 11.5 Å². The van der Waals surface area contributed by atoms with Crippen LogP contribution >= 0.6 is 0 Å². The lowest BCUT2D eigenvalue weighted by molar-refractivity contribution is 0.174. The molecule has 0 saturated heterocycles. The Hall–Kier alpha value is -2.53. The molecular formula is C20H21N3O2. The smallest absolute Gasteiger partial charge is 0.231 e. The molecule has 0 spiro atoms. The monoisotopic (exact) mass is 335 g/mol. The zero-order valence-electron chi connectivity index (χ0n) is 14.2. The van der Waals surface area contributed by atoms with E-state index in [1.165, 1.54) is 24.0 Å². The van der Waals surface area contributed by atoms with Crippen LogP contribution in [0.2, 0.25) is 0 Å². The Labute approximate surface area is 146 Å². The maximum atomic E-state index is 5.54. The van der Waals surface area contributed by atoms with E-state index in [2.05, 4.69) is 52.8 Å². The number of aromatic amines is 1. The molecule has 25 heavy (non-hydrogen) atoms. The highest BCUT2D eigenvalue weighted by molar-refractivity contribution is 5.78. The van der Waals surface area contributed by atoms with Crippen molar-refractivity contribution < 1.29 is 9.47 Å². The zero-order chi connectivity index (χ0) is 16.9. The molecule has 2 N–H and O–H groups in total. The highest BCUT2D eigenvalue weighted by Gasteiger charge is 2.44. The molecule has 0 bridgehead atoms. The fraction of sp³-hybridized carbons (Fsp3) is 0.350. The number of aromatic nitrogens is 2. The molecule has 1 aliphatic carbocycles. The van der Waals surface area contributed by atoms with Gasteiger partial charge in [-0.05, 0) is 55.2 Å². The zero-order valence-corrected chi connectivity index (χ0v) is 14.2. The van der Waals surface area contributed by atoms with Gasteiger partial charge in [0, 0.05) is 23.4 Å². The first-order valence-corrected chi connectivity index (χ1v) is 8.80. The van der Waals surface area contributed by atoms with Crippen molar-refractivity contribution in [1.29, 1.82) is 0 Å². The molecule has 1 saturated carbocycles. The predicted molar refractivity (Wildman–Crippen MR) is 96.0 cm³/mol. The SMILES string of the molecule is CC(NCC1(c2ccc3c(c2)OCO3)CC1)c1ccc2[nH]ncc2c1. The minimum atomic E-state index is 0.231. The van der Waals surface area contributed by atoms with E-state index in [9.17, 15) is 0 Å². The molecular weight excluding hydrogens is 314 g/mol. The van der Waals surface area contributed by atoms with Crippen molar-refractivity contribution >= 4 is 10.9 Å². The van der Waals surface area contributed by atoms with Crippen LogP contribution in [0.15, 0.2) is 42.6 Å². The van der Waals surface area contributed by atoms with E-state index in [4.69, 9.17) is 9.47 Å². The Balaban J connectivity index is 1.31. The Morgan fingerprint density at radius 2 is 2.04 bits per heavy atom. The quantitative estimate of drug-likeness (QED) is 0.747. The van der Waals surface area contributed by atoms with Crippen molar-refractivity contribution in [2.24, 2.45) is 0 Å². The standard InChI is InChI=1S/C20H21N3O2/c1-13(14-2-4-17-15(8-14)10-22-23-17)21-11-20(6-7-20)16-3-5-18-19(9-16)25-12-24-18/h2-5,8-10,13,21H,6-7,11-12H2,1H3,(H,22,23). The summed E-state index contributed by atoms with van der Waals surface area (Å²) in [5.74, 6) is 1.73. The second-order valence-electron chi connectivity index (χ2n) is 7.17. The van der Waals surface area contributed by atoms with Gasteiger partial charge >= 0.3 is 0 Å². The van der Waals surface area contributed by atoms with Crippen molar-refractivity contribution in [3.05, 3.63) is 53.7 Å². The number of fused-ring (bicyclic) bond motifs is 2. The molecule has 2 aromatic carbocycles. The van der Waals surface area contributed by atoms with Crippen LogP contribution in [-0.4, -0.2) is 23.5 Å². The number of benzene rings is 2. The summed E-state index contributed by atoms with van der Waals surface area (Å²) >= 11 is 0.